The second-order valence-corrected chi connectivity index (χ2v) is 12.5. The first-order valence-corrected chi connectivity index (χ1v) is 14.8. The number of ether oxygens (including phenoxy) is 2. The van der Waals surface area contributed by atoms with Gasteiger partial charge in [-0.05, 0) is 108 Å². The van der Waals surface area contributed by atoms with Crippen LogP contribution in [0.15, 0.2) is 54.6 Å². The third kappa shape index (κ3) is 5.99. The first-order chi connectivity index (χ1) is 17.7. The van der Waals surface area contributed by atoms with Crippen molar-refractivity contribution < 1.29 is 27.8 Å². The predicted octanol–water partition coefficient (Wildman–Crippen LogP) is 5.34. The number of benzene rings is 3. The summed E-state index contributed by atoms with van der Waals surface area (Å²) in [6, 6.07) is 18.4. The molecule has 3 aromatic carbocycles. The molecular weight excluding hydrogens is 488 g/mol. The van der Waals surface area contributed by atoms with E-state index in [0.29, 0.717) is 26.1 Å². The highest BCUT2D eigenvalue weighted by molar-refractivity contribution is 7.90. The molecule has 1 unspecified atom stereocenters. The van der Waals surface area contributed by atoms with Crippen LogP contribution in [0.4, 0.5) is 0 Å². The number of carboxylic acids is 1. The van der Waals surface area contributed by atoms with Gasteiger partial charge >= 0.3 is 5.97 Å². The summed E-state index contributed by atoms with van der Waals surface area (Å²) in [6.07, 6.45) is 4.33. The van der Waals surface area contributed by atoms with Crippen molar-refractivity contribution in [1.29, 1.82) is 0 Å². The molecule has 0 aromatic heterocycles. The van der Waals surface area contributed by atoms with Crippen molar-refractivity contribution in [2.75, 3.05) is 18.6 Å². The van der Waals surface area contributed by atoms with Crippen LogP contribution in [0.1, 0.15) is 46.6 Å². The van der Waals surface area contributed by atoms with Gasteiger partial charge in [0.25, 0.3) is 0 Å². The van der Waals surface area contributed by atoms with Gasteiger partial charge in [-0.25, -0.2) is 8.42 Å². The summed E-state index contributed by atoms with van der Waals surface area (Å²) < 4.78 is 34.6. The fourth-order valence-corrected chi connectivity index (χ4v) is 5.89. The molecule has 1 N–H and O–H groups in total. The number of aryl methyl sites for hydroxylation is 3. The van der Waals surface area contributed by atoms with Crippen molar-refractivity contribution in [2.45, 2.75) is 45.1 Å². The number of rotatable bonds is 10. The lowest BCUT2D eigenvalue weighted by atomic mass is 9.82. The highest BCUT2D eigenvalue weighted by Gasteiger charge is 2.44. The van der Waals surface area contributed by atoms with Crippen LogP contribution >= 0.6 is 0 Å². The maximum atomic E-state index is 11.3. The maximum Gasteiger partial charge on any atom is 0.307 e. The first kappa shape index (κ1) is 25.3. The lowest BCUT2D eigenvalue weighted by Crippen LogP contribution is -2.10. The molecule has 2 aliphatic carbocycles. The molecule has 0 saturated heterocycles. The first-order valence-electron chi connectivity index (χ1n) is 12.7. The molecule has 1 fully saturated rings. The Balaban J connectivity index is 1.25. The fraction of sp³-hybridized carbons (Fsp3) is 0.367. The van der Waals surface area contributed by atoms with E-state index in [2.05, 4.69) is 31.2 Å². The molecule has 1 saturated carbocycles. The van der Waals surface area contributed by atoms with Crippen LogP contribution in [0.5, 0.6) is 11.5 Å². The van der Waals surface area contributed by atoms with Crippen molar-refractivity contribution in [3.05, 3.63) is 82.4 Å². The molecule has 7 heteroatoms. The third-order valence-electron chi connectivity index (χ3n) is 7.25. The standard InChI is InChI=1S/C30H32O6S/c1-19-14-25(35-12-3-13-37(2,33)34)16-23-7-6-22-5-4-20(15-27(22)29(19)23)18-36-24-10-8-21(9-11-24)26-17-28(26)30(31)32/h4-5,8-11,14-16,26,28H,3,6-7,12-13,17-18H2,1-2H3,(H,31,32)/t26-,28?/m1/s1. The molecule has 3 aromatic rings. The highest BCUT2D eigenvalue weighted by atomic mass is 32.2. The molecule has 5 rings (SSSR count). The Labute approximate surface area is 218 Å². The monoisotopic (exact) mass is 520 g/mol. The van der Waals surface area contributed by atoms with E-state index in [9.17, 15) is 13.2 Å². The van der Waals surface area contributed by atoms with Crippen LogP contribution in [0.2, 0.25) is 0 Å². The molecule has 0 spiro atoms. The van der Waals surface area contributed by atoms with E-state index in [4.69, 9.17) is 14.6 Å². The van der Waals surface area contributed by atoms with Crippen LogP contribution < -0.4 is 9.47 Å². The summed E-state index contributed by atoms with van der Waals surface area (Å²) in [7, 11) is -2.98. The van der Waals surface area contributed by atoms with Crippen LogP contribution in [-0.4, -0.2) is 38.1 Å². The lowest BCUT2D eigenvalue weighted by molar-refractivity contribution is -0.138. The second-order valence-electron chi connectivity index (χ2n) is 10.2. The summed E-state index contributed by atoms with van der Waals surface area (Å²) in [5.74, 6) is 0.832. The summed E-state index contributed by atoms with van der Waals surface area (Å²) in [5, 5.41) is 9.14. The Kier molecular flexibility index (Phi) is 6.99. The number of fused-ring (bicyclic) bond motifs is 3. The Morgan fingerprint density at radius 3 is 2.43 bits per heavy atom. The number of hydrogen-bond donors (Lipinski definition) is 1. The van der Waals surface area contributed by atoms with Crippen LogP contribution in [0.25, 0.3) is 11.1 Å². The molecule has 0 radical (unpaired) electrons. The van der Waals surface area contributed by atoms with Gasteiger partial charge in [-0.1, -0.05) is 24.3 Å². The van der Waals surface area contributed by atoms with Crippen molar-refractivity contribution in [3.63, 3.8) is 0 Å². The summed E-state index contributed by atoms with van der Waals surface area (Å²) in [4.78, 5) is 11.1. The molecular formula is C30H32O6S. The van der Waals surface area contributed by atoms with Gasteiger partial charge in [0.1, 0.15) is 27.9 Å². The van der Waals surface area contributed by atoms with Gasteiger partial charge in [0.2, 0.25) is 0 Å². The van der Waals surface area contributed by atoms with E-state index >= 15 is 0 Å². The normalized spacial score (nSPS) is 18.0. The van der Waals surface area contributed by atoms with Crippen molar-refractivity contribution in [1.82, 2.24) is 0 Å². The van der Waals surface area contributed by atoms with Gasteiger partial charge in [0, 0.05) is 6.26 Å². The number of carboxylic acid groups (broad SMARTS) is 1. The molecule has 6 nitrogen and oxygen atoms in total. The molecule has 0 aliphatic heterocycles. The van der Waals surface area contributed by atoms with Gasteiger partial charge in [0.05, 0.1) is 18.3 Å². The Hall–Kier alpha value is -3.32. The van der Waals surface area contributed by atoms with Crippen molar-refractivity contribution in [2.24, 2.45) is 5.92 Å². The van der Waals surface area contributed by atoms with E-state index < -0.39 is 15.8 Å². The Bertz CT molecular complexity index is 1430. The smallest absolute Gasteiger partial charge is 0.307 e. The van der Waals surface area contributed by atoms with Gasteiger partial charge in [0.15, 0.2) is 0 Å². The molecule has 0 amide bonds. The molecule has 0 bridgehead atoms. The molecule has 2 aliphatic rings. The van der Waals surface area contributed by atoms with Gasteiger partial charge < -0.3 is 14.6 Å². The number of aliphatic carboxylic acids is 1. The minimum atomic E-state index is -2.98. The molecule has 37 heavy (non-hydrogen) atoms. The largest absolute Gasteiger partial charge is 0.494 e. The lowest BCUT2D eigenvalue weighted by Gasteiger charge is -2.24. The SMILES string of the molecule is Cc1cc(OCCCS(C)(=O)=O)cc2c1-c1cc(COc3ccc([C@H]4CC4C(=O)O)cc3)ccc1CC2. The van der Waals surface area contributed by atoms with Gasteiger partial charge in [-0.3, -0.25) is 4.79 Å². The summed E-state index contributed by atoms with van der Waals surface area (Å²) in [5.41, 5.74) is 8.33. The topological polar surface area (TPSA) is 89.9 Å². The Morgan fingerprint density at radius 2 is 1.73 bits per heavy atom. The number of sulfone groups is 1. The zero-order valence-corrected chi connectivity index (χ0v) is 22.0. The van der Waals surface area contributed by atoms with Crippen LogP contribution in [0.3, 0.4) is 0 Å². The van der Waals surface area contributed by atoms with E-state index in [1.165, 1.54) is 28.5 Å². The second kappa shape index (κ2) is 10.2. The van der Waals surface area contributed by atoms with Crippen molar-refractivity contribution in [3.8, 4) is 22.6 Å². The molecule has 2 atom stereocenters. The van der Waals surface area contributed by atoms with Gasteiger partial charge in [-0.2, -0.15) is 0 Å². The van der Waals surface area contributed by atoms with Crippen molar-refractivity contribution >= 4 is 15.8 Å². The quantitative estimate of drug-likeness (QED) is 0.363. The van der Waals surface area contributed by atoms with E-state index in [-0.39, 0.29) is 17.6 Å². The van der Waals surface area contributed by atoms with E-state index in [1.54, 1.807) is 0 Å². The average Bonchev–Trinajstić information content (AvgIpc) is 3.66. The van der Waals surface area contributed by atoms with Gasteiger partial charge in [-0.15, -0.1) is 0 Å². The third-order valence-corrected chi connectivity index (χ3v) is 8.28. The minimum Gasteiger partial charge on any atom is -0.494 e. The Morgan fingerprint density at radius 1 is 0.973 bits per heavy atom. The molecule has 0 heterocycles. The number of hydrogen-bond acceptors (Lipinski definition) is 5. The zero-order chi connectivity index (χ0) is 26.2. The zero-order valence-electron chi connectivity index (χ0n) is 21.2. The number of carbonyl (C=O) groups is 1. The highest BCUT2D eigenvalue weighted by Crippen LogP contribution is 2.47. The summed E-state index contributed by atoms with van der Waals surface area (Å²) in [6.45, 7) is 2.92. The molecule has 194 valence electrons. The maximum absolute atomic E-state index is 11.3. The fourth-order valence-electron chi connectivity index (χ4n) is 5.25. The minimum absolute atomic E-state index is 0.119. The van der Waals surface area contributed by atoms with E-state index in [0.717, 1.165) is 41.0 Å². The van der Waals surface area contributed by atoms with Crippen LogP contribution in [0, 0.1) is 12.8 Å². The average molecular weight is 521 g/mol. The predicted molar refractivity (Wildman–Crippen MR) is 143 cm³/mol. The summed E-state index contributed by atoms with van der Waals surface area (Å²) >= 11 is 0. The van der Waals surface area contributed by atoms with E-state index in [1.807, 2.05) is 30.3 Å². The van der Waals surface area contributed by atoms with Crippen LogP contribution in [-0.2, 0) is 34.1 Å².